The van der Waals surface area contributed by atoms with Crippen LogP contribution < -0.4 is 11.5 Å². The van der Waals surface area contributed by atoms with Crippen molar-refractivity contribution in [3.8, 4) is 0 Å². The van der Waals surface area contributed by atoms with Crippen LogP contribution in [-0.4, -0.2) is 20.7 Å². The summed E-state index contributed by atoms with van der Waals surface area (Å²) in [5.41, 5.74) is 12.1. The fraction of sp³-hybridized carbons (Fsp3) is 0.182. The second kappa shape index (κ2) is 4.65. The highest BCUT2D eigenvalue weighted by Gasteiger charge is 2.10. The monoisotopic (exact) mass is 231 g/mol. The van der Waals surface area contributed by atoms with Gasteiger partial charge in [-0.25, -0.2) is 0 Å². The minimum Gasteiger partial charge on any atom is -0.396 e. The van der Waals surface area contributed by atoms with E-state index in [0.717, 1.165) is 12.1 Å². The van der Waals surface area contributed by atoms with Crippen LogP contribution in [-0.2, 0) is 13.0 Å². The predicted octanol–water partition coefficient (Wildman–Crippen LogP) is 0.202. The van der Waals surface area contributed by atoms with Crippen LogP contribution in [0.15, 0.2) is 30.6 Å². The zero-order valence-electron chi connectivity index (χ0n) is 9.21. The number of nitrogen functional groups attached to an aromatic ring is 1. The largest absolute Gasteiger partial charge is 0.396 e. The Bertz CT molecular complexity index is 520. The molecule has 6 heteroatoms. The Morgan fingerprint density at radius 2 is 2.24 bits per heavy atom. The molecule has 0 unspecified atom stereocenters. The van der Waals surface area contributed by atoms with Crippen LogP contribution in [0.5, 0.6) is 0 Å². The third-order valence-electron chi connectivity index (χ3n) is 2.35. The predicted molar refractivity (Wildman–Crippen MR) is 63.1 cm³/mol. The van der Waals surface area contributed by atoms with Crippen LogP contribution >= 0.6 is 0 Å². The molecule has 0 aliphatic carbocycles. The molecule has 2 aromatic heterocycles. The summed E-state index contributed by atoms with van der Waals surface area (Å²) in [4.78, 5) is 15.2. The number of aryl methyl sites for hydroxylation is 2. The van der Waals surface area contributed by atoms with Crippen LogP contribution in [0.3, 0.4) is 0 Å². The molecule has 0 aliphatic heterocycles. The Morgan fingerprint density at radius 3 is 2.82 bits per heavy atom. The van der Waals surface area contributed by atoms with E-state index in [9.17, 15) is 4.79 Å². The maximum Gasteiger partial charge on any atom is 0.271 e. The standard InChI is InChI=1S/C11H13N5O/c12-9-7-16(15-10(9)11(13)17)6-4-8-3-1-2-5-14-8/h1-3,5,7H,4,6,12H2,(H2,13,17). The van der Waals surface area contributed by atoms with Gasteiger partial charge in [-0.3, -0.25) is 14.5 Å². The lowest BCUT2D eigenvalue weighted by molar-refractivity contribution is 0.0995. The molecule has 0 radical (unpaired) electrons. The Balaban J connectivity index is 2.05. The van der Waals surface area contributed by atoms with Gasteiger partial charge in [0, 0.05) is 31.1 Å². The van der Waals surface area contributed by atoms with Crippen molar-refractivity contribution in [3.63, 3.8) is 0 Å². The number of pyridine rings is 1. The number of hydrogen-bond acceptors (Lipinski definition) is 4. The quantitative estimate of drug-likeness (QED) is 0.785. The van der Waals surface area contributed by atoms with E-state index in [2.05, 4.69) is 10.1 Å². The molecule has 2 aromatic rings. The molecule has 6 nitrogen and oxygen atoms in total. The minimum atomic E-state index is -0.612. The first-order chi connectivity index (χ1) is 8.16. The highest BCUT2D eigenvalue weighted by Crippen LogP contribution is 2.08. The molecule has 4 N–H and O–H groups in total. The first-order valence-corrected chi connectivity index (χ1v) is 5.19. The van der Waals surface area contributed by atoms with Gasteiger partial charge in [0.1, 0.15) is 0 Å². The topological polar surface area (TPSA) is 99.8 Å². The lowest BCUT2D eigenvalue weighted by atomic mass is 10.3. The third-order valence-corrected chi connectivity index (χ3v) is 2.35. The maximum absolute atomic E-state index is 11.0. The van der Waals surface area contributed by atoms with Gasteiger partial charge in [0.15, 0.2) is 5.69 Å². The molecule has 1 amide bonds. The Labute approximate surface area is 98.3 Å². The van der Waals surface area contributed by atoms with Crippen LogP contribution in [0, 0.1) is 0 Å². The van der Waals surface area contributed by atoms with E-state index >= 15 is 0 Å². The number of aromatic nitrogens is 3. The number of carbonyl (C=O) groups is 1. The summed E-state index contributed by atoms with van der Waals surface area (Å²) in [6, 6.07) is 5.72. The van der Waals surface area contributed by atoms with Gasteiger partial charge in [-0.15, -0.1) is 0 Å². The van der Waals surface area contributed by atoms with Gasteiger partial charge >= 0.3 is 0 Å². The molecule has 17 heavy (non-hydrogen) atoms. The van der Waals surface area contributed by atoms with E-state index in [1.807, 2.05) is 18.2 Å². The zero-order chi connectivity index (χ0) is 12.3. The molecule has 0 fully saturated rings. The Hall–Kier alpha value is -2.37. The van der Waals surface area contributed by atoms with E-state index in [0.29, 0.717) is 12.2 Å². The summed E-state index contributed by atoms with van der Waals surface area (Å²) >= 11 is 0. The van der Waals surface area contributed by atoms with Crippen molar-refractivity contribution in [2.75, 3.05) is 5.73 Å². The van der Waals surface area contributed by atoms with Crippen molar-refractivity contribution in [1.82, 2.24) is 14.8 Å². The van der Waals surface area contributed by atoms with Gasteiger partial charge in [-0.2, -0.15) is 5.10 Å². The van der Waals surface area contributed by atoms with Gasteiger partial charge in [0.2, 0.25) is 0 Å². The zero-order valence-corrected chi connectivity index (χ0v) is 9.21. The second-order valence-electron chi connectivity index (χ2n) is 3.63. The first-order valence-electron chi connectivity index (χ1n) is 5.19. The Kier molecular flexibility index (Phi) is 3.04. The van der Waals surface area contributed by atoms with E-state index in [1.165, 1.54) is 0 Å². The normalized spacial score (nSPS) is 10.4. The maximum atomic E-state index is 11.0. The molecule has 0 spiro atoms. The SMILES string of the molecule is NC(=O)c1nn(CCc2ccccn2)cc1N. The molecule has 2 heterocycles. The second-order valence-corrected chi connectivity index (χ2v) is 3.63. The molecule has 0 bridgehead atoms. The summed E-state index contributed by atoms with van der Waals surface area (Å²) in [5, 5.41) is 4.01. The molecule has 0 atom stereocenters. The van der Waals surface area contributed by atoms with Crippen molar-refractivity contribution in [1.29, 1.82) is 0 Å². The number of hydrogen-bond donors (Lipinski definition) is 2. The third kappa shape index (κ3) is 2.60. The van der Waals surface area contributed by atoms with Gasteiger partial charge in [0.05, 0.1) is 5.69 Å². The van der Waals surface area contributed by atoms with E-state index in [4.69, 9.17) is 11.5 Å². The number of nitrogens with two attached hydrogens (primary N) is 2. The summed E-state index contributed by atoms with van der Waals surface area (Å²) in [6.45, 7) is 0.606. The van der Waals surface area contributed by atoms with Gasteiger partial charge in [-0.05, 0) is 12.1 Å². The van der Waals surface area contributed by atoms with Gasteiger partial charge in [0.25, 0.3) is 5.91 Å². The number of primary amides is 1. The van der Waals surface area contributed by atoms with Crippen LogP contribution in [0.1, 0.15) is 16.2 Å². The van der Waals surface area contributed by atoms with Gasteiger partial charge in [-0.1, -0.05) is 6.07 Å². The van der Waals surface area contributed by atoms with Crippen molar-refractivity contribution < 1.29 is 4.79 Å². The van der Waals surface area contributed by atoms with Crippen molar-refractivity contribution in [3.05, 3.63) is 42.0 Å². The lowest BCUT2D eigenvalue weighted by Crippen LogP contribution is -2.14. The van der Waals surface area contributed by atoms with E-state index < -0.39 is 5.91 Å². The minimum absolute atomic E-state index is 0.117. The average Bonchev–Trinajstić information content (AvgIpc) is 2.69. The highest BCUT2D eigenvalue weighted by molar-refractivity contribution is 5.95. The Morgan fingerprint density at radius 1 is 1.41 bits per heavy atom. The molecule has 2 rings (SSSR count). The molecule has 0 saturated carbocycles. The average molecular weight is 231 g/mol. The highest BCUT2D eigenvalue weighted by atomic mass is 16.1. The number of carbonyl (C=O) groups excluding carboxylic acids is 1. The van der Waals surface area contributed by atoms with Gasteiger partial charge < -0.3 is 11.5 Å². The molecular formula is C11H13N5O. The summed E-state index contributed by atoms with van der Waals surface area (Å²) in [6.07, 6.45) is 4.06. The van der Waals surface area contributed by atoms with Crippen LogP contribution in [0.2, 0.25) is 0 Å². The van der Waals surface area contributed by atoms with Crippen molar-refractivity contribution >= 4 is 11.6 Å². The molecule has 0 aliphatic rings. The molecule has 0 saturated heterocycles. The summed E-state index contributed by atoms with van der Waals surface area (Å²) in [7, 11) is 0. The van der Waals surface area contributed by atoms with Crippen LogP contribution in [0.4, 0.5) is 5.69 Å². The summed E-state index contributed by atoms with van der Waals surface area (Å²) in [5.74, 6) is -0.612. The van der Waals surface area contributed by atoms with Crippen molar-refractivity contribution in [2.24, 2.45) is 5.73 Å². The van der Waals surface area contributed by atoms with Crippen molar-refractivity contribution in [2.45, 2.75) is 13.0 Å². The molecule has 0 aromatic carbocycles. The molecular weight excluding hydrogens is 218 g/mol. The fourth-order valence-electron chi connectivity index (χ4n) is 1.52. The van der Waals surface area contributed by atoms with Crippen LogP contribution in [0.25, 0.3) is 0 Å². The number of rotatable bonds is 4. The van der Waals surface area contributed by atoms with E-state index in [-0.39, 0.29) is 5.69 Å². The lowest BCUT2D eigenvalue weighted by Gasteiger charge is -2.00. The fourth-order valence-corrected chi connectivity index (χ4v) is 1.52. The first kappa shape index (κ1) is 11.1. The number of amides is 1. The smallest absolute Gasteiger partial charge is 0.271 e. The number of nitrogens with zero attached hydrogens (tertiary/aromatic N) is 3. The molecule has 88 valence electrons. The summed E-state index contributed by atoms with van der Waals surface area (Å²) < 4.78 is 1.60. The van der Waals surface area contributed by atoms with E-state index in [1.54, 1.807) is 17.1 Å². The number of anilines is 1.